The Bertz CT molecular complexity index is 1180. The summed E-state index contributed by atoms with van der Waals surface area (Å²) in [5.74, 6) is 1.28. The minimum absolute atomic E-state index is 0.258. The molecule has 4 N–H and O–H groups in total. The minimum Gasteiger partial charge on any atom is -0.507 e. The highest BCUT2D eigenvalue weighted by atomic mass is 16.3. The van der Waals surface area contributed by atoms with E-state index in [9.17, 15) is 10.2 Å². The van der Waals surface area contributed by atoms with Crippen molar-refractivity contribution in [1.29, 1.82) is 0 Å². The highest BCUT2D eigenvalue weighted by Gasteiger charge is 2.24. The summed E-state index contributed by atoms with van der Waals surface area (Å²) in [6.45, 7) is 10.9. The van der Waals surface area contributed by atoms with Crippen molar-refractivity contribution in [3.8, 4) is 11.5 Å². The number of benzene rings is 4. The van der Waals surface area contributed by atoms with Crippen LogP contribution in [0.1, 0.15) is 56.3 Å². The average Bonchev–Trinajstić information content (AvgIpc) is 2.92. The Morgan fingerprint density at radius 3 is 1.16 bits per heavy atom. The number of phenolic OH excluding ortho intramolecular Hbond substituents is 2. The summed E-state index contributed by atoms with van der Waals surface area (Å²) >= 11 is 0. The van der Waals surface area contributed by atoms with Crippen LogP contribution in [-0.2, 0) is 13.1 Å². The Hall–Kier alpha value is -3.60. The van der Waals surface area contributed by atoms with E-state index in [2.05, 4.69) is 95.6 Å². The fourth-order valence-electron chi connectivity index (χ4n) is 5.42. The van der Waals surface area contributed by atoms with Crippen LogP contribution in [0, 0.1) is 27.7 Å². The van der Waals surface area contributed by atoms with Gasteiger partial charge >= 0.3 is 0 Å². The van der Waals surface area contributed by atoms with Crippen LogP contribution in [0.15, 0.2) is 84.9 Å². The molecule has 4 heteroatoms. The van der Waals surface area contributed by atoms with E-state index in [0.717, 1.165) is 48.4 Å². The van der Waals surface area contributed by atoms with E-state index in [1.54, 1.807) is 0 Å². The van der Waals surface area contributed by atoms with E-state index >= 15 is 0 Å². The van der Waals surface area contributed by atoms with Crippen LogP contribution in [-0.4, -0.2) is 23.3 Å². The molecule has 0 fully saturated rings. The first-order valence-electron chi connectivity index (χ1n) is 13.4. The van der Waals surface area contributed by atoms with Gasteiger partial charge in [0, 0.05) is 38.0 Å². The standard InChI is InChI=1S/C34H40N2O2/c1-23-15-27(16-24(2)33(23)37)19-35-21-31(29-11-7-5-8-12-29)32(30-13-9-6-10-14-30)22-36-20-28-17-25(3)34(38)26(4)18-28/h5-18,31-32,35-38H,19-22H2,1-4H3. The molecule has 4 aromatic carbocycles. The zero-order chi connectivity index (χ0) is 27.1. The molecule has 38 heavy (non-hydrogen) atoms. The molecule has 0 aliphatic rings. The van der Waals surface area contributed by atoms with Gasteiger partial charge in [0.15, 0.2) is 0 Å². The third kappa shape index (κ3) is 6.83. The van der Waals surface area contributed by atoms with E-state index < -0.39 is 0 Å². The second-order valence-corrected chi connectivity index (χ2v) is 10.5. The van der Waals surface area contributed by atoms with Gasteiger partial charge in [-0.15, -0.1) is 0 Å². The zero-order valence-corrected chi connectivity index (χ0v) is 23.0. The normalized spacial score (nSPS) is 12.8. The Kier molecular flexibility index (Phi) is 9.22. The average molecular weight is 509 g/mol. The van der Waals surface area contributed by atoms with Crippen molar-refractivity contribution < 1.29 is 10.2 Å². The Balaban J connectivity index is 1.55. The smallest absolute Gasteiger partial charge is 0.121 e. The van der Waals surface area contributed by atoms with Gasteiger partial charge in [-0.05, 0) is 72.2 Å². The summed E-state index contributed by atoms with van der Waals surface area (Å²) in [7, 11) is 0. The van der Waals surface area contributed by atoms with Gasteiger partial charge < -0.3 is 20.8 Å². The van der Waals surface area contributed by atoms with Crippen molar-refractivity contribution in [3.05, 3.63) is 129 Å². The van der Waals surface area contributed by atoms with Crippen LogP contribution in [0.4, 0.5) is 0 Å². The summed E-state index contributed by atoms with van der Waals surface area (Å²) in [5, 5.41) is 27.8. The van der Waals surface area contributed by atoms with Gasteiger partial charge in [-0.25, -0.2) is 0 Å². The third-order valence-corrected chi connectivity index (χ3v) is 7.43. The van der Waals surface area contributed by atoms with E-state index in [1.165, 1.54) is 22.3 Å². The molecule has 0 saturated heterocycles. The van der Waals surface area contributed by atoms with Crippen molar-refractivity contribution in [2.24, 2.45) is 0 Å². The van der Waals surface area contributed by atoms with Gasteiger partial charge in [-0.2, -0.15) is 0 Å². The van der Waals surface area contributed by atoms with E-state index in [-0.39, 0.29) is 11.8 Å². The molecule has 198 valence electrons. The van der Waals surface area contributed by atoms with Crippen molar-refractivity contribution in [1.82, 2.24) is 10.6 Å². The largest absolute Gasteiger partial charge is 0.507 e. The first kappa shape index (κ1) is 27.4. The minimum atomic E-state index is 0.258. The molecular formula is C34H40N2O2. The Morgan fingerprint density at radius 2 is 0.842 bits per heavy atom. The zero-order valence-electron chi connectivity index (χ0n) is 23.0. The lowest BCUT2D eigenvalue weighted by molar-refractivity contribution is 0.459. The van der Waals surface area contributed by atoms with Crippen molar-refractivity contribution in [2.75, 3.05) is 13.1 Å². The predicted molar refractivity (Wildman–Crippen MR) is 157 cm³/mol. The number of nitrogens with one attached hydrogen (secondary N) is 2. The first-order chi connectivity index (χ1) is 18.3. The Morgan fingerprint density at radius 1 is 0.526 bits per heavy atom. The molecule has 0 amide bonds. The van der Waals surface area contributed by atoms with Crippen LogP contribution in [0.3, 0.4) is 0 Å². The lowest BCUT2D eigenvalue weighted by atomic mass is 9.81. The molecule has 0 aliphatic carbocycles. The number of hydrogen-bond acceptors (Lipinski definition) is 4. The number of aromatic hydroxyl groups is 2. The van der Waals surface area contributed by atoms with Crippen LogP contribution in [0.5, 0.6) is 11.5 Å². The van der Waals surface area contributed by atoms with Gasteiger partial charge in [0.1, 0.15) is 11.5 Å². The van der Waals surface area contributed by atoms with Gasteiger partial charge in [0.05, 0.1) is 0 Å². The molecular weight excluding hydrogens is 468 g/mol. The Labute approximate surface area is 227 Å². The number of hydrogen-bond donors (Lipinski definition) is 4. The van der Waals surface area contributed by atoms with E-state index in [4.69, 9.17) is 0 Å². The quantitative estimate of drug-likeness (QED) is 0.180. The van der Waals surface area contributed by atoms with Gasteiger partial charge in [0.25, 0.3) is 0 Å². The van der Waals surface area contributed by atoms with Gasteiger partial charge in [0.2, 0.25) is 0 Å². The summed E-state index contributed by atoms with van der Waals surface area (Å²) < 4.78 is 0. The fraction of sp³-hybridized carbons (Fsp3) is 0.294. The second kappa shape index (κ2) is 12.8. The monoisotopic (exact) mass is 508 g/mol. The molecule has 0 bridgehead atoms. The first-order valence-corrected chi connectivity index (χ1v) is 13.4. The lowest BCUT2D eigenvalue weighted by Gasteiger charge is -2.29. The molecule has 4 nitrogen and oxygen atoms in total. The highest BCUT2D eigenvalue weighted by molar-refractivity contribution is 5.43. The molecule has 0 spiro atoms. The molecule has 4 aromatic rings. The maximum Gasteiger partial charge on any atom is 0.121 e. The highest BCUT2D eigenvalue weighted by Crippen LogP contribution is 2.33. The summed E-state index contributed by atoms with van der Waals surface area (Å²) in [5.41, 5.74) is 8.61. The topological polar surface area (TPSA) is 64.5 Å². The molecule has 2 unspecified atom stereocenters. The van der Waals surface area contributed by atoms with E-state index in [1.807, 2.05) is 27.7 Å². The van der Waals surface area contributed by atoms with Crippen LogP contribution < -0.4 is 10.6 Å². The van der Waals surface area contributed by atoms with E-state index in [0.29, 0.717) is 11.5 Å². The molecule has 0 heterocycles. The van der Waals surface area contributed by atoms with Gasteiger partial charge in [-0.3, -0.25) is 0 Å². The third-order valence-electron chi connectivity index (χ3n) is 7.43. The molecule has 4 rings (SSSR count). The molecule has 0 aromatic heterocycles. The predicted octanol–water partition coefficient (Wildman–Crippen LogP) is 6.78. The maximum absolute atomic E-state index is 10.2. The maximum atomic E-state index is 10.2. The molecule has 0 radical (unpaired) electrons. The second-order valence-electron chi connectivity index (χ2n) is 10.5. The van der Waals surface area contributed by atoms with Crippen LogP contribution >= 0.6 is 0 Å². The number of rotatable bonds is 11. The lowest BCUT2D eigenvalue weighted by Crippen LogP contribution is -2.31. The van der Waals surface area contributed by atoms with Crippen LogP contribution in [0.2, 0.25) is 0 Å². The summed E-state index contributed by atoms with van der Waals surface area (Å²) in [6, 6.07) is 29.8. The fourth-order valence-corrected chi connectivity index (χ4v) is 5.42. The van der Waals surface area contributed by atoms with Crippen molar-refractivity contribution in [2.45, 2.75) is 52.6 Å². The summed E-state index contributed by atoms with van der Waals surface area (Å²) in [4.78, 5) is 0. The molecule has 2 atom stereocenters. The van der Waals surface area contributed by atoms with Crippen molar-refractivity contribution in [3.63, 3.8) is 0 Å². The summed E-state index contributed by atoms with van der Waals surface area (Å²) in [6.07, 6.45) is 0. The van der Waals surface area contributed by atoms with Gasteiger partial charge in [-0.1, -0.05) is 84.9 Å². The number of aryl methyl sites for hydroxylation is 4. The molecule has 0 aliphatic heterocycles. The SMILES string of the molecule is Cc1cc(CNCC(c2ccccc2)C(CNCc2cc(C)c(O)c(C)c2)c2ccccc2)cc(C)c1O. The number of phenols is 2. The molecule has 0 saturated carbocycles. The van der Waals surface area contributed by atoms with Crippen LogP contribution in [0.25, 0.3) is 0 Å². The van der Waals surface area contributed by atoms with Crippen molar-refractivity contribution >= 4 is 0 Å².